The highest BCUT2D eigenvalue weighted by atomic mass is 79.9. The molecule has 0 aromatic heterocycles. The summed E-state index contributed by atoms with van der Waals surface area (Å²) in [5.74, 6) is 1.48. The highest BCUT2D eigenvalue weighted by Crippen LogP contribution is 2.33. The molecule has 1 N–H and O–H groups in total. The van der Waals surface area contributed by atoms with E-state index in [9.17, 15) is 4.79 Å². The molecule has 88 valence electrons. The minimum atomic E-state index is 0.0183. The summed E-state index contributed by atoms with van der Waals surface area (Å²) in [5.41, 5.74) is 0.0183. The number of hydrogen-bond acceptors (Lipinski definition) is 2. The smallest absolute Gasteiger partial charge is 0.230 e. The summed E-state index contributed by atoms with van der Waals surface area (Å²) in [6.45, 7) is 2.28. The second-order valence-corrected chi connectivity index (χ2v) is 6.02. The Morgan fingerprint density at radius 1 is 1.67 bits per heavy atom. The van der Waals surface area contributed by atoms with Gasteiger partial charge in [-0.25, -0.2) is 0 Å². The zero-order valence-electron chi connectivity index (χ0n) is 9.51. The first kappa shape index (κ1) is 13.4. The number of alkyl halides is 1. The van der Waals surface area contributed by atoms with Crippen molar-refractivity contribution in [2.45, 2.75) is 38.1 Å². The van der Waals surface area contributed by atoms with Gasteiger partial charge in [0.15, 0.2) is 0 Å². The summed E-state index contributed by atoms with van der Waals surface area (Å²) < 4.78 is 0. The minimum Gasteiger partial charge on any atom is -0.349 e. The van der Waals surface area contributed by atoms with E-state index in [1.807, 2.05) is 6.26 Å². The van der Waals surface area contributed by atoms with Crippen molar-refractivity contribution in [3.8, 4) is 0 Å². The Labute approximate surface area is 105 Å². The maximum atomic E-state index is 11.6. The van der Waals surface area contributed by atoms with E-state index in [2.05, 4.69) is 28.2 Å². The average Bonchev–Trinajstić information content (AvgIpc) is 2.18. The molecular formula is C11H20BrNOS. The van der Waals surface area contributed by atoms with Crippen molar-refractivity contribution >= 4 is 33.6 Å². The molecular weight excluding hydrogens is 274 g/mol. The Bertz CT molecular complexity index is 225. The lowest BCUT2D eigenvalue weighted by Crippen LogP contribution is -2.53. The standard InChI is InChI=1S/C11H20BrNOS/c1-9-4-3-5-11(6-9,8-12)13-10(14)7-15-2/h9H,3-8H2,1-2H3,(H,13,14). The van der Waals surface area contributed by atoms with Crippen LogP contribution in [0.15, 0.2) is 0 Å². The number of carbonyl (C=O) groups is 1. The Morgan fingerprint density at radius 3 is 2.93 bits per heavy atom. The van der Waals surface area contributed by atoms with Crippen LogP contribution in [0.1, 0.15) is 32.6 Å². The number of thioether (sulfide) groups is 1. The zero-order chi connectivity index (χ0) is 11.3. The number of hydrogen-bond donors (Lipinski definition) is 1. The van der Waals surface area contributed by atoms with E-state index in [0.717, 1.165) is 24.1 Å². The van der Waals surface area contributed by atoms with E-state index in [0.29, 0.717) is 5.75 Å². The van der Waals surface area contributed by atoms with Gasteiger partial charge in [-0.15, -0.1) is 0 Å². The third kappa shape index (κ3) is 3.99. The van der Waals surface area contributed by atoms with Gasteiger partial charge in [0, 0.05) is 10.9 Å². The summed E-state index contributed by atoms with van der Waals surface area (Å²) in [6, 6.07) is 0. The number of rotatable bonds is 4. The molecule has 1 fully saturated rings. The first-order valence-corrected chi connectivity index (χ1v) is 7.99. The quantitative estimate of drug-likeness (QED) is 0.808. The molecule has 2 nitrogen and oxygen atoms in total. The van der Waals surface area contributed by atoms with Crippen LogP contribution in [0.25, 0.3) is 0 Å². The van der Waals surface area contributed by atoms with Crippen molar-refractivity contribution in [2.24, 2.45) is 5.92 Å². The lowest BCUT2D eigenvalue weighted by atomic mass is 9.77. The molecule has 2 atom stereocenters. The first-order valence-electron chi connectivity index (χ1n) is 5.48. The van der Waals surface area contributed by atoms with Crippen LogP contribution < -0.4 is 5.32 Å². The fourth-order valence-corrected chi connectivity index (χ4v) is 3.38. The summed E-state index contributed by atoms with van der Waals surface area (Å²) in [5, 5.41) is 4.09. The van der Waals surface area contributed by atoms with E-state index in [4.69, 9.17) is 0 Å². The van der Waals surface area contributed by atoms with Gasteiger partial charge in [-0.1, -0.05) is 35.7 Å². The molecule has 15 heavy (non-hydrogen) atoms. The fourth-order valence-electron chi connectivity index (χ4n) is 2.39. The minimum absolute atomic E-state index is 0.0183. The monoisotopic (exact) mass is 293 g/mol. The van der Waals surface area contributed by atoms with Crippen molar-refractivity contribution in [3.05, 3.63) is 0 Å². The van der Waals surface area contributed by atoms with Gasteiger partial charge < -0.3 is 5.32 Å². The van der Waals surface area contributed by atoms with Crippen LogP contribution in [-0.4, -0.2) is 28.8 Å². The third-order valence-corrected chi connectivity index (χ3v) is 4.65. The van der Waals surface area contributed by atoms with Crippen molar-refractivity contribution in [2.75, 3.05) is 17.3 Å². The average molecular weight is 294 g/mol. The molecule has 4 heteroatoms. The SMILES string of the molecule is CSCC(=O)NC1(CBr)CCCC(C)C1. The Morgan fingerprint density at radius 2 is 2.40 bits per heavy atom. The molecule has 0 aliphatic heterocycles. The van der Waals surface area contributed by atoms with Crippen molar-refractivity contribution < 1.29 is 4.79 Å². The molecule has 0 heterocycles. The number of nitrogens with one attached hydrogen (secondary N) is 1. The van der Waals surface area contributed by atoms with Gasteiger partial charge in [0.25, 0.3) is 0 Å². The largest absolute Gasteiger partial charge is 0.349 e. The van der Waals surface area contributed by atoms with Crippen LogP contribution in [0.3, 0.4) is 0 Å². The number of amides is 1. The lowest BCUT2D eigenvalue weighted by Gasteiger charge is -2.39. The molecule has 1 rings (SSSR count). The van der Waals surface area contributed by atoms with Crippen LogP contribution in [0.2, 0.25) is 0 Å². The molecule has 1 aliphatic rings. The van der Waals surface area contributed by atoms with E-state index in [1.54, 1.807) is 11.8 Å². The molecule has 2 unspecified atom stereocenters. The van der Waals surface area contributed by atoms with Crippen molar-refractivity contribution in [1.82, 2.24) is 5.32 Å². The van der Waals surface area contributed by atoms with Crippen LogP contribution >= 0.6 is 27.7 Å². The Hall–Kier alpha value is 0.300. The van der Waals surface area contributed by atoms with Crippen molar-refractivity contribution in [3.63, 3.8) is 0 Å². The molecule has 0 aromatic rings. The van der Waals surface area contributed by atoms with Gasteiger partial charge in [0.1, 0.15) is 0 Å². The molecule has 1 amide bonds. The van der Waals surface area contributed by atoms with Crippen LogP contribution in [0.5, 0.6) is 0 Å². The van der Waals surface area contributed by atoms with Crippen LogP contribution in [0.4, 0.5) is 0 Å². The topological polar surface area (TPSA) is 29.1 Å². The molecule has 0 aromatic carbocycles. The second-order valence-electron chi connectivity index (χ2n) is 4.60. The van der Waals surface area contributed by atoms with Gasteiger partial charge in [-0.3, -0.25) is 4.79 Å². The summed E-state index contributed by atoms with van der Waals surface area (Å²) in [6.07, 6.45) is 6.71. The van der Waals surface area contributed by atoms with Crippen LogP contribution in [0, 0.1) is 5.92 Å². The maximum Gasteiger partial charge on any atom is 0.230 e. The number of halogens is 1. The van der Waals surface area contributed by atoms with Gasteiger partial charge in [-0.2, -0.15) is 11.8 Å². The zero-order valence-corrected chi connectivity index (χ0v) is 11.9. The van der Waals surface area contributed by atoms with Crippen molar-refractivity contribution in [1.29, 1.82) is 0 Å². The summed E-state index contributed by atoms with van der Waals surface area (Å²) in [7, 11) is 0. The molecule has 0 bridgehead atoms. The molecule has 0 saturated heterocycles. The molecule has 1 aliphatic carbocycles. The predicted molar refractivity (Wildman–Crippen MR) is 70.7 cm³/mol. The molecule has 0 radical (unpaired) electrons. The second kappa shape index (κ2) is 6.14. The molecule has 1 saturated carbocycles. The van der Waals surface area contributed by atoms with Crippen LogP contribution in [-0.2, 0) is 4.79 Å². The lowest BCUT2D eigenvalue weighted by molar-refractivity contribution is -0.120. The van der Waals surface area contributed by atoms with E-state index in [-0.39, 0.29) is 11.4 Å². The highest BCUT2D eigenvalue weighted by molar-refractivity contribution is 9.09. The maximum absolute atomic E-state index is 11.6. The van der Waals surface area contributed by atoms with Gasteiger partial charge >= 0.3 is 0 Å². The van der Waals surface area contributed by atoms with E-state index >= 15 is 0 Å². The number of carbonyl (C=O) groups excluding carboxylic acids is 1. The van der Waals surface area contributed by atoms with Gasteiger partial charge in [-0.05, 0) is 25.0 Å². The Balaban J connectivity index is 2.55. The highest BCUT2D eigenvalue weighted by Gasteiger charge is 2.34. The van der Waals surface area contributed by atoms with E-state index in [1.165, 1.54) is 12.8 Å². The van der Waals surface area contributed by atoms with Gasteiger partial charge in [0.2, 0.25) is 5.91 Å². The predicted octanol–water partition coefficient (Wildman–Crippen LogP) is 2.81. The first-order chi connectivity index (χ1) is 7.12. The normalized spacial score (nSPS) is 31.3. The fraction of sp³-hybridized carbons (Fsp3) is 0.909. The third-order valence-electron chi connectivity index (χ3n) is 3.03. The molecule has 0 spiro atoms. The van der Waals surface area contributed by atoms with E-state index < -0.39 is 0 Å². The van der Waals surface area contributed by atoms with Gasteiger partial charge in [0.05, 0.1) is 5.75 Å². The Kier molecular flexibility index (Phi) is 5.47. The summed E-state index contributed by atoms with van der Waals surface area (Å²) >= 11 is 5.13. The summed E-state index contributed by atoms with van der Waals surface area (Å²) in [4.78, 5) is 11.6.